The van der Waals surface area contributed by atoms with Gasteiger partial charge in [0.25, 0.3) is 5.91 Å². The topological polar surface area (TPSA) is 124 Å². The number of carbonyl (C=O) groups excluding carboxylic acids is 3. The van der Waals surface area contributed by atoms with Crippen molar-refractivity contribution in [1.82, 2.24) is 25.8 Å². The van der Waals surface area contributed by atoms with Gasteiger partial charge in [0.2, 0.25) is 11.8 Å². The maximum atomic E-state index is 13.0. The molecule has 0 aliphatic carbocycles. The number of nitrogens with one attached hydrogen (secondary N) is 3. The van der Waals surface area contributed by atoms with E-state index < -0.39 is 24.0 Å². The van der Waals surface area contributed by atoms with Gasteiger partial charge in [0, 0.05) is 37.4 Å². The van der Waals surface area contributed by atoms with Crippen molar-refractivity contribution in [2.24, 2.45) is 0 Å². The average Bonchev–Trinajstić information content (AvgIpc) is 2.80. The van der Waals surface area contributed by atoms with Crippen LogP contribution in [0.25, 0.3) is 0 Å². The van der Waals surface area contributed by atoms with E-state index in [2.05, 4.69) is 20.9 Å². The first-order valence-electron chi connectivity index (χ1n) is 12.0. The Kier molecular flexibility index (Phi) is 9.33. The summed E-state index contributed by atoms with van der Waals surface area (Å²) in [7, 11) is 0. The summed E-state index contributed by atoms with van der Waals surface area (Å²) in [5, 5.41) is 18.7. The Labute approximate surface area is 206 Å². The highest BCUT2D eigenvalue weighted by Crippen LogP contribution is 2.14. The fraction of sp³-hybridized carbons (Fsp3) is 0.462. The maximum absolute atomic E-state index is 13.0. The van der Waals surface area contributed by atoms with Gasteiger partial charge in [-0.15, -0.1) is 0 Å². The predicted octanol–water partition coefficient (Wildman–Crippen LogP) is 0.939. The highest BCUT2D eigenvalue weighted by atomic mass is 16.3. The molecular weight excluding hydrogens is 446 g/mol. The molecular formula is C26H35N5O4. The fourth-order valence-electron chi connectivity index (χ4n) is 4.15. The monoisotopic (exact) mass is 481 g/mol. The molecule has 3 atom stereocenters. The number of rotatable bonds is 3. The summed E-state index contributed by atoms with van der Waals surface area (Å²) in [6, 6.07) is 9.53. The van der Waals surface area contributed by atoms with Crippen molar-refractivity contribution in [2.75, 3.05) is 19.6 Å². The molecule has 9 heteroatoms. The molecule has 0 saturated carbocycles. The Morgan fingerprint density at radius 2 is 1.97 bits per heavy atom. The summed E-state index contributed by atoms with van der Waals surface area (Å²) in [6.07, 6.45) is 2.04. The number of aromatic nitrogens is 1. The third-order valence-electron chi connectivity index (χ3n) is 6.01. The minimum absolute atomic E-state index is 0.104. The Balaban J connectivity index is 1.83. The van der Waals surface area contributed by atoms with Crippen LogP contribution in [0.4, 0.5) is 0 Å². The molecule has 0 unspecified atom stereocenters. The molecule has 2 heterocycles. The Morgan fingerprint density at radius 1 is 1.17 bits per heavy atom. The first kappa shape index (κ1) is 26.3. The van der Waals surface area contributed by atoms with Crippen LogP contribution < -0.4 is 16.0 Å². The predicted molar refractivity (Wildman–Crippen MR) is 133 cm³/mol. The highest BCUT2D eigenvalue weighted by molar-refractivity contribution is 5.98. The molecule has 1 aliphatic heterocycles. The molecule has 4 N–H and O–H groups in total. The highest BCUT2D eigenvalue weighted by Gasteiger charge is 2.28. The van der Waals surface area contributed by atoms with E-state index in [-0.39, 0.29) is 18.5 Å². The molecule has 3 amide bonds. The number of nitrogens with zero attached hydrogens (tertiary/aromatic N) is 2. The summed E-state index contributed by atoms with van der Waals surface area (Å²) in [5.41, 5.74) is 3.28. The van der Waals surface area contributed by atoms with E-state index in [0.717, 1.165) is 23.2 Å². The van der Waals surface area contributed by atoms with Gasteiger partial charge in [-0.2, -0.15) is 0 Å². The smallest absolute Gasteiger partial charge is 0.252 e. The number of amides is 3. The molecule has 3 rings (SSSR count). The number of pyridine rings is 1. The zero-order valence-corrected chi connectivity index (χ0v) is 20.6. The Hall–Kier alpha value is -3.30. The second-order valence-electron chi connectivity index (χ2n) is 9.19. The van der Waals surface area contributed by atoms with Gasteiger partial charge >= 0.3 is 0 Å². The molecule has 35 heavy (non-hydrogen) atoms. The lowest BCUT2D eigenvalue weighted by Crippen LogP contribution is -2.55. The summed E-state index contributed by atoms with van der Waals surface area (Å²) in [5.74, 6) is -1.01. The molecule has 2 aromatic rings. The summed E-state index contributed by atoms with van der Waals surface area (Å²) in [4.78, 5) is 44.8. The number of aliphatic hydroxyl groups excluding tert-OH is 1. The van der Waals surface area contributed by atoms with Crippen molar-refractivity contribution in [3.63, 3.8) is 0 Å². The molecule has 0 radical (unpaired) electrons. The number of hydrogen-bond donors (Lipinski definition) is 4. The van der Waals surface area contributed by atoms with Gasteiger partial charge in [0.15, 0.2) is 0 Å². The minimum atomic E-state index is -1.11. The lowest BCUT2D eigenvalue weighted by Gasteiger charge is -2.27. The summed E-state index contributed by atoms with van der Waals surface area (Å²) < 4.78 is 0. The van der Waals surface area contributed by atoms with Crippen LogP contribution in [0, 0.1) is 6.92 Å². The van der Waals surface area contributed by atoms with Gasteiger partial charge in [-0.25, -0.2) is 0 Å². The standard InChI is InChI=1S/C26H35N5O4/c1-17-9-10-21-13-20(17)7-6-12-28-23(33)16-31(15-22-8-4-5-11-27-22)14-18(2)29-26(35)24(19(3)32)30-25(21)34/h4-5,8-11,13,18-19,24,32H,6-7,12,14-16H2,1-3H3,(H,28,33)(H,29,35)(H,30,34)/t18-,19-,24+/m1/s1. The van der Waals surface area contributed by atoms with Crippen LogP contribution in [0.15, 0.2) is 42.6 Å². The zero-order valence-electron chi connectivity index (χ0n) is 20.6. The number of aryl methyl sites for hydroxylation is 2. The van der Waals surface area contributed by atoms with Gasteiger partial charge in [0.05, 0.1) is 18.3 Å². The Bertz CT molecular complexity index is 1030. The van der Waals surface area contributed by atoms with E-state index in [0.29, 0.717) is 31.6 Å². The SMILES string of the molecule is Cc1ccc2cc1CCCNC(=O)CN(Cc1ccccn1)C[C@@H](C)NC(=O)[C@H]([C@@H](C)O)NC2=O. The van der Waals surface area contributed by atoms with E-state index in [1.807, 2.05) is 43.0 Å². The van der Waals surface area contributed by atoms with E-state index in [9.17, 15) is 19.5 Å². The van der Waals surface area contributed by atoms with Gasteiger partial charge in [-0.1, -0.05) is 12.1 Å². The quantitative estimate of drug-likeness (QED) is 0.517. The fourth-order valence-corrected chi connectivity index (χ4v) is 4.15. The van der Waals surface area contributed by atoms with Crippen molar-refractivity contribution in [1.29, 1.82) is 0 Å². The molecule has 188 valence electrons. The summed E-state index contributed by atoms with van der Waals surface area (Å²) in [6.45, 7) is 6.76. The average molecular weight is 482 g/mol. The summed E-state index contributed by atoms with van der Waals surface area (Å²) >= 11 is 0. The zero-order chi connectivity index (χ0) is 25.4. The molecule has 0 saturated heterocycles. The number of aliphatic hydroxyl groups is 1. The number of hydrogen-bond acceptors (Lipinski definition) is 6. The normalized spacial score (nSPS) is 21.9. The molecule has 0 spiro atoms. The van der Waals surface area contributed by atoms with Gasteiger partial charge in [0.1, 0.15) is 6.04 Å². The van der Waals surface area contributed by atoms with Crippen molar-refractivity contribution in [3.05, 3.63) is 65.0 Å². The largest absolute Gasteiger partial charge is 0.391 e. The van der Waals surface area contributed by atoms with Crippen LogP contribution >= 0.6 is 0 Å². The van der Waals surface area contributed by atoms with E-state index in [1.165, 1.54) is 6.92 Å². The third-order valence-corrected chi connectivity index (χ3v) is 6.01. The molecule has 2 bridgehead atoms. The van der Waals surface area contributed by atoms with Crippen LogP contribution in [0.2, 0.25) is 0 Å². The van der Waals surface area contributed by atoms with E-state index in [4.69, 9.17) is 0 Å². The van der Waals surface area contributed by atoms with Crippen LogP contribution in [0.5, 0.6) is 0 Å². The molecule has 1 aromatic carbocycles. The van der Waals surface area contributed by atoms with Crippen LogP contribution in [0.1, 0.15) is 47.4 Å². The van der Waals surface area contributed by atoms with Crippen molar-refractivity contribution in [2.45, 2.75) is 58.3 Å². The Morgan fingerprint density at radius 3 is 2.69 bits per heavy atom. The second-order valence-corrected chi connectivity index (χ2v) is 9.19. The van der Waals surface area contributed by atoms with Gasteiger partial charge in [-0.3, -0.25) is 24.3 Å². The lowest BCUT2D eigenvalue weighted by atomic mass is 10.00. The molecule has 9 nitrogen and oxygen atoms in total. The number of carbonyl (C=O) groups is 3. The van der Waals surface area contributed by atoms with Gasteiger partial charge < -0.3 is 21.1 Å². The third kappa shape index (κ3) is 7.87. The van der Waals surface area contributed by atoms with Crippen LogP contribution in [-0.4, -0.2) is 70.5 Å². The van der Waals surface area contributed by atoms with Crippen molar-refractivity contribution < 1.29 is 19.5 Å². The first-order chi connectivity index (χ1) is 16.7. The lowest BCUT2D eigenvalue weighted by molar-refractivity contribution is -0.126. The van der Waals surface area contributed by atoms with Crippen LogP contribution in [0.3, 0.4) is 0 Å². The van der Waals surface area contributed by atoms with Crippen molar-refractivity contribution >= 4 is 17.7 Å². The van der Waals surface area contributed by atoms with E-state index >= 15 is 0 Å². The molecule has 1 aromatic heterocycles. The van der Waals surface area contributed by atoms with Gasteiger partial charge in [-0.05, 0) is 69.0 Å². The van der Waals surface area contributed by atoms with Crippen LogP contribution in [-0.2, 0) is 22.6 Å². The van der Waals surface area contributed by atoms with Crippen molar-refractivity contribution in [3.8, 4) is 0 Å². The minimum Gasteiger partial charge on any atom is -0.391 e. The second kappa shape index (κ2) is 12.4. The first-order valence-corrected chi connectivity index (χ1v) is 12.0. The molecule has 0 fully saturated rings. The number of fused-ring (bicyclic) bond motifs is 2. The maximum Gasteiger partial charge on any atom is 0.252 e. The number of benzene rings is 1. The van der Waals surface area contributed by atoms with E-state index in [1.54, 1.807) is 18.3 Å². The molecule has 1 aliphatic rings.